The normalized spacial score (nSPS) is 18.4. The molecule has 0 saturated carbocycles. The second-order valence-electron chi connectivity index (χ2n) is 4.92. The predicted molar refractivity (Wildman–Crippen MR) is 73.9 cm³/mol. The first-order valence-corrected chi connectivity index (χ1v) is 6.69. The first kappa shape index (κ1) is 13.2. The van der Waals surface area contributed by atoms with E-state index in [-0.39, 0.29) is 5.54 Å². The molecule has 1 saturated heterocycles. The molecular formula is C13H18Cl2N2. The lowest BCUT2D eigenvalue weighted by Gasteiger charge is -2.42. The molecule has 0 aromatic heterocycles. The zero-order valence-electron chi connectivity index (χ0n) is 10.3. The van der Waals surface area contributed by atoms with Crippen LogP contribution in [0.1, 0.15) is 19.4 Å². The van der Waals surface area contributed by atoms with Gasteiger partial charge < -0.3 is 5.32 Å². The summed E-state index contributed by atoms with van der Waals surface area (Å²) in [5.74, 6) is 0. The molecule has 1 heterocycles. The summed E-state index contributed by atoms with van der Waals surface area (Å²) in [6.45, 7) is 8.60. The van der Waals surface area contributed by atoms with Crippen LogP contribution in [0.5, 0.6) is 0 Å². The van der Waals surface area contributed by atoms with Gasteiger partial charge in [-0.2, -0.15) is 0 Å². The molecular weight excluding hydrogens is 255 g/mol. The van der Waals surface area contributed by atoms with Crippen molar-refractivity contribution in [2.75, 3.05) is 26.2 Å². The van der Waals surface area contributed by atoms with Crippen LogP contribution in [-0.2, 0) is 5.54 Å². The molecule has 94 valence electrons. The second-order valence-corrected chi connectivity index (χ2v) is 5.76. The van der Waals surface area contributed by atoms with Crippen molar-refractivity contribution in [3.63, 3.8) is 0 Å². The Bertz CT molecular complexity index is 398. The third-order valence-corrected chi connectivity index (χ3v) is 4.05. The Morgan fingerprint density at radius 3 is 2.41 bits per heavy atom. The molecule has 0 bridgehead atoms. The Labute approximate surface area is 113 Å². The van der Waals surface area contributed by atoms with Crippen LogP contribution in [0.2, 0.25) is 10.0 Å². The lowest BCUT2D eigenvalue weighted by Crippen LogP contribution is -2.51. The molecule has 0 unspecified atom stereocenters. The molecule has 0 spiro atoms. The van der Waals surface area contributed by atoms with Crippen molar-refractivity contribution in [1.29, 1.82) is 0 Å². The minimum absolute atomic E-state index is 0.0518. The second kappa shape index (κ2) is 5.15. The van der Waals surface area contributed by atoms with Crippen LogP contribution in [0.3, 0.4) is 0 Å². The molecule has 1 aromatic rings. The summed E-state index contributed by atoms with van der Waals surface area (Å²) in [7, 11) is 0. The quantitative estimate of drug-likeness (QED) is 0.890. The number of benzene rings is 1. The lowest BCUT2D eigenvalue weighted by molar-refractivity contribution is 0.103. The predicted octanol–water partition coefficient (Wildman–Crippen LogP) is 3.13. The summed E-state index contributed by atoms with van der Waals surface area (Å²) in [5, 5.41) is 4.81. The Balaban J connectivity index is 2.29. The van der Waals surface area contributed by atoms with Gasteiger partial charge in [0.2, 0.25) is 0 Å². The molecule has 0 amide bonds. The maximum absolute atomic E-state index is 6.31. The maximum Gasteiger partial charge on any atom is 0.0471 e. The molecule has 0 atom stereocenters. The number of halogens is 2. The van der Waals surface area contributed by atoms with Crippen molar-refractivity contribution in [2.24, 2.45) is 0 Å². The van der Waals surface area contributed by atoms with Crippen molar-refractivity contribution in [1.82, 2.24) is 10.2 Å². The van der Waals surface area contributed by atoms with Gasteiger partial charge in [-0.15, -0.1) is 0 Å². The zero-order chi connectivity index (χ0) is 12.5. The molecule has 1 aromatic carbocycles. The fraction of sp³-hybridized carbons (Fsp3) is 0.538. The average Bonchev–Trinajstić information content (AvgIpc) is 2.29. The Kier molecular flexibility index (Phi) is 3.99. The van der Waals surface area contributed by atoms with Crippen LogP contribution >= 0.6 is 23.2 Å². The van der Waals surface area contributed by atoms with Crippen molar-refractivity contribution in [3.8, 4) is 0 Å². The molecule has 1 aliphatic rings. The fourth-order valence-electron chi connectivity index (χ4n) is 2.38. The smallest absolute Gasteiger partial charge is 0.0471 e. The highest BCUT2D eigenvalue weighted by molar-refractivity contribution is 6.35. The van der Waals surface area contributed by atoms with E-state index in [0.29, 0.717) is 5.02 Å². The van der Waals surface area contributed by atoms with E-state index in [4.69, 9.17) is 23.2 Å². The maximum atomic E-state index is 6.31. The summed E-state index contributed by atoms with van der Waals surface area (Å²) < 4.78 is 0. The highest BCUT2D eigenvalue weighted by Crippen LogP contribution is 2.34. The monoisotopic (exact) mass is 272 g/mol. The number of hydrogen-bond acceptors (Lipinski definition) is 2. The number of nitrogens with zero attached hydrogens (tertiary/aromatic N) is 1. The van der Waals surface area contributed by atoms with Gasteiger partial charge >= 0.3 is 0 Å². The van der Waals surface area contributed by atoms with Crippen LogP contribution in [0.25, 0.3) is 0 Å². The lowest BCUT2D eigenvalue weighted by atomic mass is 9.91. The van der Waals surface area contributed by atoms with Crippen molar-refractivity contribution in [3.05, 3.63) is 33.8 Å². The van der Waals surface area contributed by atoms with Gasteiger partial charge in [-0.3, -0.25) is 4.90 Å². The van der Waals surface area contributed by atoms with Crippen LogP contribution in [0, 0.1) is 0 Å². The van der Waals surface area contributed by atoms with Crippen LogP contribution in [0.15, 0.2) is 18.2 Å². The van der Waals surface area contributed by atoms with E-state index in [1.807, 2.05) is 18.2 Å². The first-order chi connectivity index (χ1) is 8.01. The number of piperazine rings is 1. The summed E-state index contributed by atoms with van der Waals surface area (Å²) in [6.07, 6.45) is 0. The molecule has 0 radical (unpaired) electrons. The van der Waals surface area contributed by atoms with Gasteiger partial charge in [0.05, 0.1) is 0 Å². The number of rotatable bonds is 2. The Hall–Kier alpha value is -0.280. The zero-order valence-corrected chi connectivity index (χ0v) is 11.8. The fourth-order valence-corrected chi connectivity index (χ4v) is 3.02. The molecule has 4 heteroatoms. The van der Waals surface area contributed by atoms with E-state index in [2.05, 4.69) is 24.1 Å². The largest absolute Gasteiger partial charge is 0.314 e. The Morgan fingerprint density at radius 2 is 1.82 bits per heavy atom. The molecule has 2 nitrogen and oxygen atoms in total. The molecule has 1 fully saturated rings. The standard InChI is InChI=1S/C13H18Cl2N2/c1-13(2,17-7-5-16-6-8-17)11-4-3-10(14)9-12(11)15/h3-4,9,16H,5-8H2,1-2H3. The highest BCUT2D eigenvalue weighted by Gasteiger charge is 2.31. The van der Waals surface area contributed by atoms with Gasteiger partial charge in [0.15, 0.2) is 0 Å². The molecule has 17 heavy (non-hydrogen) atoms. The summed E-state index contributed by atoms with van der Waals surface area (Å²) >= 11 is 12.3. The van der Waals surface area contributed by atoms with E-state index in [1.165, 1.54) is 0 Å². The first-order valence-electron chi connectivity index (χ1n) is 5.93. The van der Waals surface area contributed by atoms with Gasteiger partial charge in [0, 0.05) is 41.8 Å². The van der Waals surface area contributed by atoms with E-state index >= 15 is 0 Å². The summed E-state index contributed by atoms with van der Waals surface area (Å²) in [4.78, 5) is 2.46. The van der Waals surface area contributed by atoms with Crippen LogP contribution < -0.4 is 5.32 Å². The molecule has 1 aliphatic heterocycles. The van der Waals surface area contributed by atoms with E-state index < -0.39 is 0 Å². The third kappa shape index (κ3) is 2.76. The van der Waals surface area contributed by atoms with Crippen LogP contribution in [0.4, 0.5) is 0 Å². The van der Waals surface area contributed by atoms with Crippen molar-refractivity contribution < 1.29 is 0 Å². The van der Waals surface area contributed by atoms with Gasteiger partial charge in [-0.05, 0) is 31.5 Å². The van der Waals surface area contributed by atoms with Crippen LogP contribution in [-0.4, -0.2) is 31.1 Å². The summed E-state index contributed by atoms with van der Waals surface area (Å²) in [5.41, 5.74) is 1.09. The van der Waals surface area contributed by atoms with Crippen molar-refractivity contribution in [2.45, 2.75) is 19.4 Å². The van der Waals surface area contributed by atoms with Gasteiger partial charge in [0.1, 0.15) is 0 Å². The average molecular weight is 273 g/mol. The Morgan fingerprint density at radius 1 is 1.18 bits per heavy atom. The minimum Gasteiger partial charge on any atom is -0.314 e. The minimum atomic E-state index is -0.0518. The number of nitrogens with one attached hydrogen (secondary N) is 1. The van der Waals surface area contributed by atoms with Gasteiger partial charge in [0.25, 0.3) is 0 Å². The molecule has 2 rings (SSSR count). The summed E-state index contributed by atoms with van der Waals surface area (Å²) in [6, 6.07) is 5.77. The molecule has 1 N–H and O–H groups in total. The van der Waals surface area contributed by atoms with Gasteiger partial charge in [-0.1, -0.05) is 29.3 Å². The van der Waals surface area contributed by atoms with Gasteiger partial charge in [-0.25, -0.2) is 0 Å². The van der Waals surface area contributed by atoms with Crippen molar-refractivity contribution >= 4 is 23.2 Å². The molecule has 0 aliphatic carbocycles. The topological polar surface area (TPSA) is 15.3 Å². The van der Waals surface area contributed by atoms with E-state index in [1.54, 1.807) is 0 Å². The number of hydrogen-bond donors (Lipinski definition) is 1. The van der Waals surface area contributed by atoms with E-state index in [9.17, 15) is 0 Å². The third-order valence-electron chi connectivity index (χ3n) is 3.50. The van der Waals surface area contributed by atoms with E-state index in [0.717, 1.165) is 36.8 Å². The SMILES string of the molecule is CC(C)(c1ccc(Cl)cc1Cl)N1CCNCC1. The highest BCUT2D eigenvalue weighted by atomic mass is 35.5.